The molecule has 2 aromatic rings. The van der Waals surface area contributed by atoms with E-state index in [0.717, 1.165) is 5.69 Å². The molecule has 0 saturated heterocycles. The summed E-state index contributed by atoms with van der Waals surface area (Å²) < 4.78 is 0. The van der Waals surface area contributed by atoms with Crippen LogP contribution in [0, 0.1) is 6.92 Å². The van der Waals surface area contributed by atoms with Crippen molar-refractivity contribution < 1.29 is 9.59 Å². The fourth-order valence-corrected chi connectivity index (χ4v) is 2.75. The van der Waals surface area contributed by atoms with Crippen molar-refractivity contribution in [1.29, 1.82) is 0 Å². The molecule has 2 heterocycles. The molecule has 2 amide bonds. The summed E-state index contributed by atoms with van der Waals surface area (Å²) in [5, 5.41) is 6.34. The standard InChI is InChI=1S/C15H15N5O2S/c1-9-8-23-15(16-9)18-13(21)12-17-10(2)14(22)20(19-12)11-6-4-3-5-7-11/h3-8,10H,1-2H3,(H,17,19)(H,16,18,21)/t10-/m0/s1. The molecule has 2 N–H and O–H groups in total. The van der Waals surface area contributed by atoms with Crippen LogP contribution in [0.4, 0.5) is 10.8 Å². The van der Waals surface area contributed by atoms with Gasteiger partial charge < -0.3 is 0 Å². The number of anilines is 2. The summed E-state index contributed by atoms with van der Waals surface area (Å²) >= 11 is 1.33. The Morgan fingerprint density at radius 2 is 2.09 bits per heavy atom. The molecular formula is C15H15N5O2S. The number of nitrogens with one attached hydrogen (secondary N) is 2. The summed E-state index contributed by atoms with van der Waals surface area (Å²) in [6.45, 7) is 3.50. The van der Waals surface area contributed by atoms with Crippen molar-refractivity contribution in [3.05, 3.63) is 41.4 Å². The summed E-state index contributed by atoms with van der Waals surface area (Å²) in [6, 6.07) is 8.41. The third kappa shape index (κ3) is 3.21. The molecule has 1 atom stereocenters. The number of thiazole rings is 1. The lowest BCUT2D eigenvalue weighted by atomic mass is 10.2. The maximum Gasteiger partial charge on any atom is 0.294 e. The number of aromatic nitrogens is 1. The summed E-state index contributed by atoms with van der Waals surface area (Å²) in [4.78, 5) is 32.9. The van der Waals surface area contributed by atoms with Gasteiger partial charge in [-0.1, -0.05) is 18.2 Å². The van der Waals surface area contributed by atoms with Gasteiger partial charge in [0.1, 0.15) is 6.04 Å². The van der Waals surface area contributed by atoms with Crippen molar-refractivity contribution in [2.75, 3.05) is 10.3 Å². The van der Waals surface area contributed by atoms with Crippen LogP contribution in [0.2, 0.25) is 0 Å². The van der Waals surface area contributed by atoms with Crippen LogP contribution in [0.3, 0.4) is 0 Å². The van der Waals surface area contributed by atoms with Crippen LogP contribution in [-0.2, 0) is 9.59 Å². The second-order valence-corrected chi connectivity index (χ2v) is 5.88. The average molecular weight is 329 g/mol. The van der Waals surface area contributed by atoms with Gasteiger partial charge in [0.2, 0.25) is 5.84 Å². The lowest BCUT2D eigenvalue weighted by Crippen LogP contribution is -2.57. The van der Waals surface area contributed by atoms with E-state index in [9.17, 15) is 9.59 Å². The molecule has 118 valence electrons. The van der Waals surface area contributed by atoms with E-state index >= 15 is 0 Å². The predicted octanol–water partition coefficient (Wildman–Crippen LogP) is 1.73. The van der Waals surface area contributed by atoms with Crippen molar-refractivity contribution in [1.82, 2.24) is 10.4 Å². The van der Waals surface area contributed by atoms with E-state index < -0.39 is 11.9 Å². The molecule has 23 heavy (non-hydrogen) atoms. The number of nitrogens with zero attached hydrogens (tertiary/aromatic N) is 3. The van der Waals surface area contributed by atoms with E-state index in [2.05, 4.69) is 20.7 Å². The highest BCUT2D eigenvalue weighted by Crippen LogP contribution is 2.17. The van der Waals surface area contributed by atoms with E-state index in [-0.39, 0.29) is 11.7 Å². The number of rotatable bonds is 3. The molecule has 0 fully saturated rings. The first-order valence-corrected chi connectivity index (χ1v) is 7.89. The van der Waals surface area contributed by atoms with Gasteiger partial charge in [-0.25, -0.2) is 15.0 Å². The Morgan fingerprint density at radius 1 is 1.35 bits per heavy atom. The maximum absolute atomic E-state index is 12.3. The number of aryl methyl sites for hydroxylation is 1. The number of carbonyl (C=O) groups is 2. The Hall–Kier alpha value is -2.74. The van der Waals surface area contributed by atoms with Crippen molar-refractivity contribution >= 4 is 39.8 Å². The van der Waals surface area contributed by atoms with Gasteiger partial charge in [-0.3, -0.25) is 20.3 Å². The minimum Gasteiger partial charge on any atom is -0.295 e. The zero-order valence-electron chi connectivity index (χ0n) is 12.6. The van der Waals surface area contributed by atoms with Crippen LogP contribution in [-0.4, -0.2) is 28.7 Å². The van der Waals surface area contributed by atoms with Gasteiger partial charge in [0, 0.05) is 5.38 Å². The van der Waals surface area contributed by atoms with Gasteiger partial charge >= 0.3 is 0 Å². The summed E-state index contributed by atoms with van der Waals surface area (Å²) in [5.74, 6) is -0.578. The molecule has 1 aromatic heterocycles. The average Bonchev–Trinajstić information content (AvgIpc) is 2.95. The van der Waals surface area contributed by atoms with Crippen LogP contribution in [0.1, 0.15) is 12.6 Å². The minimum absolute atomic E-state index is 0.0776. The molecule has 3 rings (SSSR count). The topological polar surface area (TPSA) is 86.7 Å². The number of amides is 2. The highest BCUT2D eigenvalue weighted by molar-refractivity contribution is 7.14. The molecule has 1 aromatic carbocycles. The maximum atomic E-state index is 12.3. The minimum atomic E-state index is -0.643. The van der Waals surface area contributed by atoms with Crippen LogP contribution in [0.5, 0.6) is 0 Å². The van der Waals surface area contributed by atoms with Crippen molar-refractivity contribution in [3.8, 4) is 0 Å². The van der Waals surface area contributed by atoms with Crippen LogP contribution < -0.4 is 15.8 Å². The molecule has 0 radical (unpaired) electrons. The number of carbonyl (C=O) groups excluding carboxylic acids is 2. The first-order valence-electron chi connectivity index (χ1n) is 7.01. The Labute approximate surface area is 137 Å². The van der Waals surface area contributed by atoms with Crippen molar-refractivity contribution in [2.45, 2.75) is 19.9 Å². The SMILES string of the molecule is Cc1csc(NC(=O)C2=N[C@@H](C)C(=O)N(c3ccccc3)N2)n1. The van der Waals surface area contributed by atoms with Crippen LogP contribution in [0.15, 0.2) is 40.7 Å². The fraction of sp³-hybridized carbons (Fsp3) is 0.200. The smallest absolute Gasteiger partial charge is 0.294 e. The second kappa shape index (κ2) is 6.17. The molecule has 0 unspecified atom stereocenters. The molecule has 0 bridgehead atoms. The van der Waals surface area contributed by atoms with Gasteiger partial charge in [-0.15, -0.1) is 11.3 Å². The van der Waals surface area contributed by atoms with Gasteiger partial charge in [0.05, 0.1) is 11.4 Å². The number of hydrazine groups is 1. The molecule has 0 aliphatic carbocycles. The Bertz CT molecular complexity index is 771. The monoisotopic (exact) mass is 329 g/mol. The number of aliphatic imine (C=N–C) groups is 1. The third-order valence-electron chi connectivity index (χ3n) is 3.19. The molecule has 1 aliphatic rings. The first-order chi connectivity index (χ1) is 11.0. The first kappa shape index (κ1) is 15.2. The van der Waals surface area contributed by atoms with E-state index in [0.29, 0.717) is 10.8 Å². The Balaban J connectivity index is 1.81. The molecule has 1 aliphatic heterocycles. The highest BCUT2D eigenvalue weighted by Gasteiger charge is 2.30. The van der Waals surface area contributed by atoms with Gasteiger partial charge in [-0.05, 0) is 26.0 Å². The Kier molecular flexibility index (Phi) is 4.07. The molecule has 0 saturated carbocycles. The number of hydrogen-bond acceptors (Lipinski definition) is 6. The van der Waals surface area contributed by atoms with E-state index in [4.69, 9.17) is 0 Å². The predicted molar refractivity (Wildman–Crippen MR) is 89.4 cm³/mol. The van der Waals surface area contributed by atoms with E-state index in [1.54, 1.807) is 19.1 Å². The number of hydrogen-bond donors (Lipinski definition) is 2. The number of amidine groups is 1. The number of benzene rings is 1. The molecular weight excluding hydrogens is 314 g/mol. The van der Waals surface area contributed by atoms with E-state index in [1.807, 2.05) is 30.5 Å². The fourth-order valence-electron chi connectivity index (χ4n) is 2.07. The third-order valence-corrected chi connectivity index (χ3v) is 4.06. The molecule has 0 spiro atoms. The van der Waals surface area contributed by atoms with E-state index in [1.165, 1.54) is 16.3 Å². The van der Waals surface area contributed by atoms with Crippen LogP contribution >= 0.6 is 11.3 Å². The molecule has 7 nitrogen and oxygen atoms in total. The quantitative estimate of drug-likeness (QED) is 0.898. The zero-order valence-corrected chi connectivity index (χ0v) is 13.4. The van der Waals surface area contributed by atoms with Gasteiger partial charge in [0.15, 0.2) is 5.13 Å². The van der Waals surface area contributed by atoms with Gasteiger partial charge in [0.25, 0.3) is 11.8 Å². The summed E-state index contributed by atoms with van der Waals surface area (Å²) in [6.07, 6.45) is 0. The normalized spacial score (nSPS) is 17.5. The lowest BCUT2D eigenvalue weighted by molar-refractivity contribution is -0.120. The largest absolute Gasteiger partial charge is 0.295 e. The summed E-state index contributed by atoms with van der Waals surface area (Å²) in [5.41, 5.74) is 4.25. The molecule has 8 heteroatoms. The zero-order chi connectivity index (χ0) is 16.4. The second-order valence-electron chi connectivity index (χ2n) is 5.02. The Morgan fingerprint density at radius 3 is 2.74 bits per heavy atom. The van der Waals surface area contributed by atoms with Crippen molar-refractivity contribution in [3.63, 3.8) is 0 Å². The highest BCUT2D eigenvalue weighted by atomic mass is 32.1. The summed E-state index contributed by atoms with van der Waals surface area (Å²) in [7, 11) is 0. The lowest BCUT2D eigenvalue weighted by Gasteiger charge is -2.30. The number of para-hydroxylation sites is 1. The van der Waals surface area contributed by atoms with Crippen molar-refractivity contribution in [2.24, 2.45) is 4.99 Å². The van der Waals surface area contributed by atoms with Gasteiger partial charge in [-0.2, -0.15) is 0 Å². The van der Waals surface area contributed by atoms with Crippen LogP contribution in [0.25, 0.3) is 0 Å².